The van der Waals surface area contributed by atoms with E-state index in [1.165, 1.54) is 56.6 Å². The third-order valence-electron chi connectivity index (χ3n) is 5.58. The first-order valence-corrected chi connectivity index (χ1v) is 10.1. The van der Waals surface area contributed by atoms with Crippen LogP contribution in [-0.4, -0.2) is 65.9 Å². The Hall–Kier alpha value is -1.07. The number of hydrogen-bond acceptors (Lipinski definition) is 3. The molecule has 1 amide bonds. The molecule has 0 unspecified atom stereocenters. The van der Waals surface area contributed by atoms with E-state index >= 15 is 0 Å². The van der Waals surface area contributed by atoms with Crippen LogP contribution in [0, 0.1) is 0 Å². The Bertz CT molecular complexity index is 388. The Kier molecular flexibility index (Phi) is 9.33. The van der Waals surface area contributed by atoms with E-state index in [-0.39, 0.29) is 6.04 Å². The van der Waals surface area contributed by atoms with Crippen LogP contribution in [0.5, 0.6) is 0 Å². The largest absolute Gasteiger partial charge is 0.465 e. The average molecular weight is 353 g/mol. The minimum absolute atomic E-state index is 0.126. The lowest BCUT2D eigenvalue weighted by atomic mass is 9.92. The summed E-state index contributed by atoms with van der Waals surface area (Å²) >= 11 is 0. The van der Waals surface area contributed by atoms with Crippen molar-refractivity contribution in [2.24, 2.45) is 0 Å². The Morgan fingerprint density at radius 1 is 1.12 bits per heavy atom. The van der Waals surface area contributed by atoms with Gasteiger partial charge in [-0.3, -0.25) is 0 Å². The van der Waals surface area contributed by atoms with Gasteiger partial charge in [0.1, 0.15) is 0 Å². The molecule has 0 spiro atoms. The number of likely N-dealkylation sites (tertiary alicyclic amines) is 1. The van der Waals surface area contributed by atoms with Crippen LogP contribution in [0.1, 0.15) is 64.2 Å². The van der Waals surface area contributed by atoms with Gasteiger partial charge in [0.15, 0.2) is 0 Å². The molecule has 1 aliphatic carbocycles. The van der Waals surface area contributed by atoms with Crippen molar-refractivity contribution < 1.29 is 14.6 Å². The maximum absolute atomic E-state index is 11.3. The summed E-state index contributed by atoms with van der Waals surface area (Å²) in [5.74, 6) is 0. The van der Waals surface area contributed by atoms with Crippen LogP contribution >= 0.6 is 0 Å². The van der Waals surface area contributed by atoms with Gasteiger partial charge in [0.05, 0.1) is 6.10 Å². The Labute approximate surface area is 153 Å². The van der Waals surface area contributed by atoms with Crippen molar-refractivity contribution in [3.8, 4) is 0 Å². The second kappa shape index (κ2) is 11.5. The van der Waals surface area contributed by atoms with Crippen molar-refractivity contribution in [2.75, 3.05) is 32.8 Å². The van der Waals surface area contributed by atoms with Crippen molar-refractivity contribution in [1.29, 1.82) is 0 Å². The molecular weight excluding hydrogens is 316 g/mol. The molecule has 25 heavy (non-hydrogen) atoms. The normalized spacial score (nSPS) is 24.3. The second-order valence-corrected chi connectivity index (χ2v) is 7.49. The number of carbonyl (C=O) groups is 1. The van der Waals surface area contributed by atoms with Gasteiger partial charge in [0.2, 0.25) is 0 Å². The lowest BCUT2D eigenvalue weighted by Gasteiger charge is -2.34. The molecule has 2 rings (SSSR count). The highest BCUT2D eigenvalue weighted by atomic mass is 16.5. The molecule has 2 aliphatic rings. The molecule has 0 aromatic carbocycles. The lowest BCUT2D eigenvalue weighted by Crippen LogP contribution is -2.42. The number of nitrogens with zero attached hydrogens (tertiary/aromatic N) is 2. The average Bonchev–Trinajstić information content (AvgIpc) is 3.13. The molecule has 1 aliphatic heterocycles. The molecule has 1 saturated carbocycles. The molecule has 1 N–H and O–H groups in total. The molecule has 5 nitrogen and oxygen atoms in total. The lowest BCUT2D eigenvalue weighted by molar-refractivity contribution is 0.00835. The van der Waals surface area contributed by atoms with Gasteiger partial charge < -0.3 is 19.6 Å². The molecule has 0 radical (unpaired) electrons. The van der Waals surface area contributed by atoms with Crippen molar-refractivity contribution in [1.82, 2.24) is 9.80 Å². The summed E-state index contributed by atoms with van der Waals surface area (Å²) in [7, 11) is 0. The van der Waals surface area contributed by atoms with Crippen LogP contribution in [0.25, 0.3) is 0 Å². The van der Waals surface area contributed by atoms with Gasteiger partial charge in [-0.15, -0.1) is 6.58 Å². The fourth-order valence-corrected chi connectivity index (χ4v) is 4.09. The smallest absolute Gasteiger partial charge is 0.407 e. The standard InChI is InChI=1S/C20H36N2O3/c1-2-13-22(20(23)24)18-9-11-19(12-10-18)25-17-8-4-3-5-14-21-15-6-7-16-21/h2,18-19H,1,3-17H2,(H,23,24). The predicted octanol–water partition coefficient (Wildman–Crippen LogP) is 4.14. The number of carboxylic acid groups (broad SMARTS) is 1. The first-order chi connectivity index (χ1) is 12.2. The predicted molar refractivity (Wildman–Crippen MR) is 101 cm³/mol. The van der Waals surface area contributed by atoms with Crippen molar-refractivity contribution in [3.05, 3.63) is 12.7 Å². The molecule has 0 aromatic heterocycles. The molecule has 0 aromatic rings. The van der Waals surface area contributed by atoms with E-state index in [9.17, 15) is 9.90 Å². The van der Waals surface area contributed by atoms with Crippen molar-refractivity contribution in [2.45, 2.75) is 76.4 Å². The summed E-state index contributed by atoms with van der Waals surface area (Å²) in [4.78, 5) is 15.4. The van der Waals surface area contributed by atoms with Gasteiger partial charge in [-0.2, -0.15) is 0 Å². The molecule has 144 valence electrons. The first-order valence-electron chi connectivity index (χ1n) is 10.1. The third kappa shape index (κ3) is 7.37. The van der Waals surface area contributed by atoms with Crippen LogP contribution in [0.2, 0.25) is 0 Å². The molecular formula is C20H36N2O3. The van der Waals surface area contributed by atoms with Gasteiger partial charge >= 0.3 is 6.09 Å². The minimum Gasteiger partial charge on any atom is -0.465 e. The zero-order chi connectivity index (χ0) is 17.9. The second-order valence-electron chi connectivity index (χ2n) is 7.49. The fourth-order valence-electron chi connectivity index (χ4n) is 4.09. The quantitative estimate of drug-likeness (QED) is 0.448. The van der Waals surface area contributed by atoms with Gasteiger partial charge in [-0.1, -0.05) is 18.9 Å². The van der Waals surface area contributed by atoms with Crippen LogP contribution in [0.15, 0.2) is 12.7 Å². The number of rotatable bonds is 11. The summed E-state index contributed by atoms with van der Waals surface area (Å²) < 4.78 is 6.01. The third-order valence-corrected chi connectivity index (χ3v) is 5.58. The molecule has 1 heterocycles. The topological polar surface area (TPSA) is 53.0 Å². The molecule has 1 saturated heterocycles. The summed E-state index contributed by atoms with van der Waals surface area (Å²) in [5, 5.41) is 9.28. The number of unbranched alkanes of at least 4 members (excludes halogenated alkanes) is 3. The Morgan fingerprint density at radius 2 is 1.80 bits per heavy atom. The number of hydrogen-bond donors (Lipinski definition) is 1. The van der Waals surface area contributed by atoms with Crippen LogP contribution in [-0.2, 0) is 4.74 Å². The SMILES string of the molecule is C=CCN(C(=O)O)C1CCC(OCCCCCCN2CCCC2)CC1. The van der Waals surface area contributed by atoms with Gasteiger partial charge in [-0.25, -0.2) is 4.79 Å². The highest BCUT2D eigenvalue weighted by Crippen LogP contribution is 2.25. The summed E-state index contributed by atoms with van der Waals surface area (Å²) in [6.07, 6.45) is 12.7. The fraction of sp³-hybridized carbons (Fsp3) is 0.850. The van der Waals surface area contributed by atoms with E-state index in [4.69, 9.17) is 4.74 Å². The van der Waals surface area contributed by atoms with E-state index in [1.54, 1.807) is 6.08 Å². The van der Waals surface area contributed by atoms with E-state index in [2.05, 4.69) is 11.5 Å². The van der Waals surface area contributed by atoms with Crippen LogP contribution in [0.3, 0.4) is 0 Å². The molecule has 0 bridgehead atoms. The first kappa shape index (κ1) is 20.2. The molecule has 2 fully saturated rings. The zero-order valence-corrected chi connectivity index (χ0v) is 15.7. The monoisotopic (exact) mass is 352 g/mol. The van der Waals surface area contributed by atoms with E-state index in [0.29, 0.717) is 12.6 Å². The Balaban J connectivity index is 1.47. The van der Waals surface area contributed by atoms with Crippen LogP contribution < -0.4 is 0 Å². The maximum atomic E-state index is 11.3. The summed E-state index contributed by atoms with van der Waals surface area (Å²) in [6, 6.07) is 0.126. The van der Waals surface area contributed by atoms with E-state index in [0.717, 1.165) is 38.7 Å². The Morgan fingerprint density at radius 3 is 2.44 bits per heavy atom. The van der Waals surface area contributed by atoms with Crippen molar-refractivity contribution in [3.63, 3.8) is 0 Å². The number of amides is 1. The van der Waals surface area contributed by atoms with Crippen molar-refractivity contribution >= 4 is 6.09 Å². The van der Waals surface area contributed by atoms with Gasteiger partial charge in [0.25, 0.3) is 0 Å². The summed E-state index contributed by atoms with van der Waals surface area (Å²) in [5.41, 5.74) is 0. The zero-order valence-electron chi connectivity index (χ0n) is 15.7. The highest BCUT2D eigenvalue weighted by molar-refractivity contribution is 5.65. The van der Waals surface area contributed by atoms with Gasteiger partial charge in [0, 0.05) is 19.2 Å². The summed E-state index contributed by atoms with van der Waals surface area (Å²) in [6.45, 7) is 8.81. The minimum atomic E-state index is -0.835. The number of ether oxygens (including phenoxy) is 1. The maximum Gasteiger partial charge on any atom is 0.407 e. The van der Waals surface area contributed by atoms with E-state index in [1.807, 2.05) is 0 Å². The highest BCUT2D eigenvalue weighted by Gasteiger charge is 2.28. The van der Waals surface area contributed by atoms with Gasteiger partial charge in [-0.05, 0) is 71.0 Å². The van der Waals surface area contributed by atoms with E-state index < -0.39 is 6.09 Å². The molecule has 5 heteroatoms. The van der Waals surface area contributed by atoms with Crippen LogP contribution in [0.4, 0.5) is 4.79 Å². The molecule has 0 atom stereocenters.